The maximum absolute atomic E-state index is 4.23. The summed E-state index contributed by atoms with van der Waals surface area (Å²) >= 11 is 0. The molecule has 5 heteroatoms. The zero-order valence-corrected chi connectivity index (χ0v) is 12.7. The summed E-state index contributed by atoms with van der Waals surface area (Å²) in [7, 11) is 1.92. The van der Waals surface area contributed by atoms with Crippen molar-refractivity contribution in [1.29, 1.82) is 0 Å². The van der Waals surface area contributed by atoms with Crippen LogP contribution < -0.4 is 5.32 Å². The van der Waals surface area contributed by atoms with Crippen LogP contribution in [0.15, 0.2) is 36.5 Å². The van der Waals surface area contributed by atoms with Gasteiger partial charge in [0.2, 0.25) is 0 Å². The molecule has 112 valence electrons. The molecular weight excluding hydrogens is 262 g/mol. The minimum absolute atomic E-state index is 0.505. The summed E-state index contributed by atoms with van der Waals surface area (Å²) in [6.07, 6.45) is 3.08. The maximum Gasteiger partial charge on any atom is 0.0967 e. The number of nitrogens with zero attached hydrogens (tertiary/aromatic N) is 4. The molecule has 1 aliphatic rings. The van der Waals surface area contributed by atoms with Gasteiger partial charge in [-0.1, -0.05) is 35.5 Å². The predicted molar refractivity (Wildman–Crippen MR) is 82.8 cm³/mol. The van der Waals surface area contributed by atoms with Crippen LogP contribution in [0.2, 0.25) is 0 Å². The molecule has 0 amide bonds. The van der Waals surface area contributed by atoms with Gasteiger partial charge in [0.15, 0.2) is 0 Å². The molecular formula is C16H23N5. The lowest BCUT2D eigenvalue weighted by Crippen LogP contribution is -2.55. The van der Waals surface area contributed by atoms with Gasteiger partial charge in [-0.2, -0.15) is 0 Å². The number of nitrogens with one attached hydrogen (secondary N) is 1. The number of hydrogen-bond donors (Lipinski definition) is 1. The third kappa shape index (κ3) is 3.68. The van der Waals surface area contributed by atoms with Gasteiger partial charge in [-0.05, 0) is 18.9 Å². The van der Waals surface area contributed by atoms with Crippen molar-refractivity contribution in [2.75, 3.05) is 13.1 Å². The van der Waals surface area contributed by atoms with Gasteiger partial charge in [-0.3, -0.25) is 9.58 Å². The summed E-state index contributed by atoms with van der Waals surface area (Å²) in [5.41, 5.74) is 2.44. The van der Waals surface area contributed by atoms with Crippen LogP contribution >= 0.6 is 0 Å². The van der Waals surface area contributed by atoms with Crippen LogP contribution in [0.3, 0.4) is 0 Å². The molecule has 2 unspecified atom stereocenters. The number of benzene rings is 1. The van der Waals surface area contributed by atoms with E-state index in [9.17, 15) is 0 Å². The molecule has 1 aromatic heterocycles. The van der Waals surface area contributed by atoms with E-state index in [0.717, 1.165) is 31.7 Å². The van der Waals surface area contributed by atoms with E-state index >= 15 is 0 Å². The molecule has 0 bridgehead atoms. The molecule has 0 spiro atoms. The molecule has 0 saturated carbocycles. The average Bonchev–Trinajstić information content (AvgIpc) is 2.88. The molecule has 2 heterocycles. The van der Waals surface area contributed by atoms with Gasteiger partial charge in [0.05, 0.1) is 5.69 Å². The highest BCUT2D eigenvalue weighted by molar-refractivity contribution is 5.16. The van der Waals surface area contributed by atoms with Gasteiger partial charge in [0.25, 0.3) is 0 Å². The summed E-state index contributed by atoms with van der Waals surface area (Å²) < 4.78 is 1.77. The molecule has 2 atom stereocenters. The van der Waals surface area contributed by atoms with Gasteiger partial charge in [-0.25, -0.2) is 0 Å². The Labute approximate surface area is 126 Å². The van der Waals surface area contributed by atoms with Crippen LogP contribution in [0.1, 0.15) is 18.2 Å². The Morgan fingerprint density at radius 2 is 2.10 bits per heavy atom. The smallest absolute Gasteiger partial charge is 0.0967 e. The first-order chi connectivity index (χ1) is 10.2. The minimum Gasteiger partial charge on any atom is -0.311 e. The van der Waals surface area contributed by atoms with Gasteiger partial charge < -0.3 is 5.32 Å². The first-order valence-electron chi connectivity index (χ1n) is 7.57. The van der Waals surface area contributed by atoms with E-state index in [1.807, 2.05) is 13.2 Å². The summed E-state index contributed by atoms with van der Waals surface area (Å²) in [6, 6.07) is 11.7. The Morgan fingerprint density at radius 1 is 1.29 bits per heavy atom. The third-order valence-corrected chi connectivity index (χ3v) is 4.06. The first kappa shape index (κ1) is 14.2. The summed E-state index contributed by atoms with van der Waals surface area (Å²) in [6.45, 7) is 5.18. The van der Waals surface area contributed by atoms with Crippen molar-refractivity contribution in [1.82, 2.24) is 25.2 Å². The van der Waals surface area contributed by atoms with Gasteiger partial charge >= 0.3 is 0 Å². The molecule has 2 aromatic rings. The van der Waals surface area contributed by atoms with Crippen LogP contribution in [-0.2, 0) is 20.0 Å². The van der Waals surface area contributed by atoms with Crippen molar-refractivity contribution in [2.24, 2.45) is 7.05 Å². The molecule has 0 aliphatic carbocycles. The number of piperazine rings is 1. The van der Waals surface area contributed by atoms with E-state index in [-0.39, 0.29) is 0 Å². The minimum atomic E-state index is 0.505. The average molecular weight is 285 g/mol. The fourth-order valence-corrected chi connectivity index (χ4v) is 2.99. The Hall–Kier alpha value is -1.72. The number of aryl methyl sites for hydroxylation is 1. The van der Waals surface area contributed by atoms with Crippen molar-refractivity contribution < 1.29 is 0 Å². The van der Waals surface area contributed by atoms with E-state index in [4.69, 9.17) is 0 Å². The molecule has 21 heavy (non-hydrogen) atoms. The summed E-state index contributed by atoms with van der Waals surface area (Å²) in [4.78, 5) is 2.53. The monoisotopic (exact) mass is 285 g/mol. The molecule has 0 radical (unpaired) electrons. The van der Waals surface area contributed by atoms with Crippen LogP contribution in [0.5, 0.6) is 0 Å². The topological polar surface area (TPSA) is 46.0 Å². The second-order valence-corrected chi connectivity index (χ2v) is 5.97. The van der Waals surface area contributed by atoms with Gasteiger partial charge in [-0.15, -0.1) is 5.10 Å². The Bertz CT molecular complexity index is 565. The van der Waals surface area contributed by atoms with Crippen molar-refractivity contribution in [2.45, 2.75) is 32.0 Å². The number of aromatic nitrogens is 3. The second-order valence-electron chi connectivity index (χ2n) is 5.97. The largest absolute Gasteiger partial charge is 0.311 e. The Kier molecular flexibility index (Phi) is 4.31. The van der Waals surface area contributed by atoms with E-state index in [2.05, 4.69) is 57.8 Å². The Balaban J connectivity index is 1.70. The molecule has 5 nitrogen and oxygen atoms in total. The quantitative estimate of drug-likeness (QED) is 0.917. The lowest BCUT2D eigenvalue weighted by atomic mass is 10.0. The standard InChI is InChI=1S/C16H23N5/c1-13-10-21(12-15-11-20(2)19-18-15)16(9-17-13)8-14-6-4-3-5-7-14/h3-7,11,13,16-17H,8-10,12H2,1-2H3. The normalized spacial score (nSPS) is 23.3. The van der Waals surface area contributed by atoms with Crippen LogP contribution in [0.25, 0.3) is 0 Å². The van der Waals surface area contributed by atoms with Crippen molar-refractivity contribution in [3.63, 3.8) is 0 Å². The predicted octanol–water partition coefficient (Wildman–Crippen LogP) is 1.22. The highest BCUT2D eigenvalue weighted by Gasteiger charge is 2.26. The Morgan fingerprint density at radius 3 is 2.81 bits per heavy atom. The second kappa shape index (κ2) is 6.37. The summed E-state index contributed by atoms with van der Waals surface area (Å²) in [5, 5.41) is 11.9. The molecule has 1 aromatic carbocycles. The molecule has 1 fully saturated rings. The first-order valence-corrected chi connectivity index (χ1v) is 7.57. The number of hydrogen-bond acceptors (Lipinski definition) is 4. The van der Waals surface area contributed by atoms with Crippen molar-refractivity contribution >= 4 is 0 Å². The lowest BCUT2D eigenvalue weighted by Gasteiger charge is -2.39. The maximum atomic E-state index is 4.23. The van der Waals surface area contributed by atoms with E-state index in [1.54, 1.807) is 4.68 Å². The third-order valence-electron chi connectivity index (χ3n) is 4.06. The SMILES string of the molecule is CC1CN(Cc2cn(C)nn2)C(Cc2ccccc2)CN1. The molecule has 3 rings (SSSR count). The van der Waals surface area contributed by atoms with E-state index in [0.29, 0.717) is 12.1 Å². The zero-order chi connectivity index (χ0) is 14.7. The fourth-order valence-electron chi connectivity index (χ4n) is 2.99. The van der Waals surface area contributed by atoms with E-state index in [1.165, 1.54) is 5.56 Å². The van der Waals surface area contributed by atoms with Crippen LogP contribution in [0.4, 0.5) is 0 Å². The van der Waals surface area contributed by atoms with Crippen LogP contribution in [-0.4, -0.2) is 45.1 Å². The fraction of sp³-hybridized carbons (Fsp3) is 0.500. The summed E-state index contributed by atoms with van der Waals surface area (Å²) in [5.74, 6) is 0. The molecule has 1 aliphatic heterocycles. The highest BCUT2D eigenvalue weighted by Crippen LogP contribution is 2.15. The van der Waals surface area contributed by atoms with E-state index < -0.39 is 0 Å². The van der Waals surface area contributed by atoms with Crippen molar-refractivity contribution in [3.8, 4) is 0 Å². The molecule has 1 saturated heterocycles. The van der Waals surface area contributed by atoms with Gasteiger partial charge in [0.1, 0.15) is 0 Å². The van der Waals surface area contributed by atoms with Crippen LogP contribution in [0, 0.1) is 0 Å². The van der Waals surface area contributed by atoms with Gasteiger partial charge in [0, 0.05) is 45.0 Å². The lowest BCUT2D eigenvalue weighted by molar-refractivity contribution is 0.125. The number of rotatable bonds is 4. The zero-order valence-electron chi connectivity index (χ0n) is 12.7. The van der Waals surface area contributed by atoms with Crippen molar-refractivity contribution in [3.05, 3.63) is 47.8 Å². The molecule has 1 N–H and O–H groups in total. The highest BCUT2D eigenvalue weighted by atomic mass is 15.4.